The van der Waals surface area contributed by atoms with Crippen molar-refractivity contribution in [2.45, 2.75) is 63.8 Å². The molecule has 2 aliphatic carbocycles. The molecule has 0 aromatic heterocycles. The van der Waals surface area contributed by atoms with Crippen molar-refractivity contribution < 1.29 is 4.79 Å². The van der Waals surface area contributed by atoms with Crippen molar-refractivity contribution in [1.29, 1.82) is 0 Å². The van der Waals surface area contributed by atoms with Gasteiger partial charge in [-0.2, -0.15) is 0 Å². The van der Waals surface area contributed by atoms with Crippen molar-refractivity contribution in [1.82, 2.24) is 10.2 Å². The first-order chi connectivity index (χ1) is 8.81. The van der Waals surface area contributed by atoms with Crippen molar-refractivity contribution in [3.63, 3.8) is 0 Å². The summed E-state index contributed by atoms with van der Waals surface area (Å²) in [5, 5.41) is 3.12. The Morgan fingerprint density at radius 2 is 1.89 bits per heavy atom. The second-order valence-electron chi connectivity index (χ2n) is 5.99. The summed E-state index contributed by atoms with van der Waals surface area (Å²) in [7, 11) is 1.95. The molecule has 1 amide bonds. The Kier molecular flexibility index (Phi) is 5.48. The predicted octanol–water partition coefficient (Wildman–Crippen LogP) is 2.56. The van der Waals surface area contributed by atoms with E-state index in [-0.39, 0.29) is 0 Å². The Bertz CT molecular complexity index is 257. The van der Waals surface area contributed by atoms with Gasteiger partial charge in [-0.3, -0.25) is 4.79 Å². The topological polar surface area (TPSA) is 32.3 Å². The minimum atomic E-state index is 0.407. The number of nitrogens with zero attached hydrogens (tertiary/aromatic N) is 1. The van der Waals surface area contributed by atoms with E-state index in [4.69, 9.17) is 0 Å². The molecular weight excluding hydrogens is 224 g/mol. The van der Waals surface area contributed by atoms with Crippen LogP contribution in [0.1, 0.15) is 57.8 Å². The number of amides is 1. The summed E-state index contributed by atoms with van der Waals surface area (Å²) in [6.07, 6.45) is 10.9. The van der Waals surface area contributed by atoms with Gasteiger partial charge < -0.3 is 10.2 Å². The summed E-state index contributed by atoms with van der Waals surface area (Å²) in [4.78, 5) is 14.6. The maximum absolute atomic E-state index is 12.4. The quantitative estimate of drug-likeness (QED) is 0.706. The molecule has 0 bridgehead atoms. The molecule has 3 heteroatoms. The minimum absolute atomic E-state index is 0.407. The summed E-state index contributed by atoms with van der Waals surface area (Å²) < 4.78 is 0. The first kappa shape index (κ1) is 13.9. The first-order valence-corrected chi connectivity index (χ1v) is 7.75. The molecule has 0 heterocycles. The highest BCUT2D eigenvalue weighted by Gasteiger charge is 2.31. The molecular formula is C15H28N2O. The van der Waals surface area contributed by atoms with Crippen molar-refractivity contribution in [2.24, 2.45) is 5.92 Å². The van der Waals surface area contributed by atoms with Crippen LogP contribution in [-0.4, -0.2) is 37.0 Å². The number of carbonyl (C=O) groups is 1. The smallest absolute Gasteiger partial charge is 0.222 e. The third-order valence-electron chi connectivity index (χ3n) is 4.31. The van der Waals surface area contributed by atoms with Crippen LogP contribution in [0.5, 0.6) is 0 Å². The highest BCUT2D eigenvalue weighted by atomic mass is 16.2. The third kappa shape index (κ3) is 4.27. The van der Waals surface area contributed by atoms with Gasteiger partial charge in [-0.1, -0.05) is 19.3 Å². The van der Waals surface area contributed by atoms with Gasteiger partial charge in [-0.15, -0.1) is 0 Å². The molecule has 0 aromatic carbocycles. The largest absolute Gasteiger partial charge is 0.339 e. The van der Waals surface area contributed by atoms with Gasteiger partial charge in [0, 0.05) is 19.0 Å². The van der Waals surface area contributed by atoms with Crippen LogP contribution in [0, 0.1) is 5.92 Å². The number of nitrogens with one attached hydrogen (secondary N) is 1. The van der Waals surface area contributed by atoms with Gasteiger partial charge in [0.15, 0.2) is 0 Å². The minimum Gasteiger partial charge on any atom is -0.339 e. The molecule has 2 fully saturated rings. The monoisotopic (exact) mass is 252 g/mol. The highest BCUT2D eigenvalue weighted by Crippen LogP contribution is 2.32. The second-order valence-corrected chi connectivity index (χ2v) is 5.99. The summed E-state index contributed by atoms with van der Waals surface area (Å²) in [5.41, 5.74) is 0. The molecule has 0 aliphatic heterocycles. The van der Waals surface area contributed by atoms with Gasteiger partial charge in [-0.05, 0) is 51.6 Å². The van der Waals surface area contributed by atoms with Crippen LogP contribution in [0.15, 0.2) is 0 Å². The summed E-state index contributed by atoms with van der Waals surface area (Å²) in [6, 6.07) is 0.557. The normalized spacial score (nSPS) is 20.9. The second kappa shape index (κ2) is 7.13. The van der Waals surface area contributed by atoms with Crippen LogP contribution in [0.3, 0.4) is 0 Å². The Hall–Kier alpha value is -0.570. The zero-order valence-electron chi connectivity index (χ0n) is 11.8. The molecule has 0 radical (unpaired) electrons. The number of carbonyl (C=O) groups excluding carboxylic acids is 1. The maximum Gasteiger partial charge on any atom is 0.222 e. The van der Waals surface area contributed by atoms with Gasteiger partial charge in [0.05, 0.1) is 0 Å². The number of rotatable bonds is 7. The van der Waals surface area contributed by atoms with E-state index in [9.17, 15) is 4.79 Å². The van der Waals surface area contributed by atoms with E-state index in [1.165, 1.54) is 44.9 Å². The van der Waals surface area contributed by atoms with Crippen LogP contribution in [-0.2, 0) is 4.79 Å². The number of hydrogen-bond donors (Lipinski definition) is 1. The first-order valence-electron chi connectivity index (χ1n) is 7.75. The number of hydrogen-bond acceptors (Lipinski definition) is 2. The van der Waals surface area contributed by atoms with Gasteiger partial charge in [0.25, 0.3) is 0 Å². The molecule has 3 nitrogen and oxygen atoms in total. The fourth-order valence-corrected chi connectivity index (χ4v) is 2.99. The van der Waals surface area contributed by atoms with Crippen LogP contribution < -0.4 is 5.32 Å². The van der Waals surface area contributed by atoms with Gasteiger partial charge in [-0.25, -0.2) is 0 Å². The molecule has 18 heavy (non-hydrogen) atoms. The molecule has 0 spiro atoms. The van der Waals surface area contributed by atoms with Crippen LogP contribution in [0.2, 0.25) is 0 Å². The fraction of sp³-hybridized carbons (Fsp3) is 0.933. The van der Waals surface area contributed by atoms with Gasteiger partial charge in [0.1, 0.15) is 0 Å². The molecule has 2 saturated carbocycles. The molecule has 2 rings (SSSR count). The average Bonchev–Trinajstić information content (AvgIpc) is 3.21. The molecule has 2 aliphatic rings. The lowest BCUT2D eigenvalue weighted by atomic mass is 9.93. The lowest BCUT2D eigenvalue weighted by molar-refractivity contribution is -0.134. The summed E-state index contributed by atoms with van der Waals surface area (Å²) >= 11 is 0. The maximum atomic E-state index is 12.4. The van der Waals surface area contributed by atoms with Crippen LogP contribution in [0.25, 0.3) is 0 Å². The summed E-state index contributed by atoms with van der Waals surface area (Å²) in [5.74, 6) is 1.23. The lowest BCUT2D eigenvalue weighted by Crippen LogP contribution is -2.42. The van der Waals surface area contributed by atoms with E-state index in [0.717, 1.165) is 31.8 Å². The zero-order chi connectivity index (χ0) is 12.8. The van der Waals surface area contributed by atoms with Crippen molar-refractivity contribution >= 4 is 5.91 Å². The van der Waals surface area contributed by atoms with Crippen molar-refractivity contribution in [3.8, 4) is 0 Å². The SMILES string of the molecule is CNCCCC(=O)N(CC1CC1)C1CCCCC1. The molecule has 0 aromatic rings. The summed E-state index contributed by atoms with van der Waals surface area (Å²) in [6.45, 7) is 2.00. The molecule has 1 N–H and O–H groups in total. The van der Waals surface area contributed by atoms with E-state index in [2.05, 4.69) is 10.2 Å². The Morgan fingerprint density at radius 1 is 1.17 bits per heavy atom. The Labute approximate surface area is 111 Å². The van der Waals surface area contributed by atoms with E-state index in [1.807, 2.05) is 7.05 Å². The van der Waals surface area contributed by atoms with Gasteiger partial charge in [0.2, 0.25) is 5.91 Å². The van der Waals surface area contributed by atoms with E-state index < -0.39 is 0 Å². The standard InChI is InChI=1S/C15H28N2O/c1-16-11-5-8-15(18)17(12-13-9-10-13)14-6-3-2-4-7-14/h13-14,16H,2-12H2,1H3. The van der Waals surface area contributed by atoms with E-state index in [0.29, 0.717) is 11.9 Å². The van der Waals surface area contributed by atoms with Gasteiger partial charge >= 0.3 is 0 Å². The molecule has 0 atom stereocenters. The van der Waals surface area contributed by atoms with Crippen molar-refractivity contribution in [2.75, 3.05) is 20.1 Å². The highest BCUT2D eigenvalue weighted by molar-refractivity contribution is 5.76. The third-order valence-corrected chi connectivity index (χ3v) is 4.31. The molecule has 104 valence electrons. The fourth-order valence-electron chi connectivity index (χ4n) is 2.99. The van der Waals surface area contributed by atoms with E-state index in [1.54, 1.807) is 0 Å². The van der Waals surface area contributed by atoms with Crippen LogP contribution >= 0.6 is 0 Å². The molecule has 0 saturated heterocycles. The Balaban J connectivity index is 1.83. The molecule has 0 unspecified atom stereocenters. The zero-order valence-corrected chi connectivity index (χ0v) is 11.8. The predicted molar refractivity (Wildman–Crippen MR) is 74.5 cm³/mol. The van der Waals surface area contributed by atoms with E-state index >= 15 is 0 Å². The average molecular weight is 252 g/mol. The lowest BCUT2D eigenvalue weighted by Gasteiger charge is -2.34. The Morgan fingerprint density at radius 3 is 2.50 bits per heavy atom. The van der Waals surface area contributed by atoms with Crippen LogP contribution in [0.4, 0.5) is 0 Å². The van der Waals surface area contributed by atoms with Crippen molar-refractivity contribution in [3.05, 3.63) is 0 Å².